The average Bonchev–Trinajstić information content (AvgIpc) is 3.62. The highest BCUT2D eigenvalue weighted by Gasteiger charge is 2.46. The van der Waals surface area contributed by atoms with Crippen LogP contribution in [0.1, 0.15) is 18.1 Å². The van der Waals surface area contributed by atoms with Gasteiger partial charge in [0.05, 0.1) is 24.9 Å². The summed E-state index contributed by atoms with van der Waals surface area (Å²) in [5, 5.41) is 29.5. The van der Waals surface area contributed by atoms with Crippen molar-refractivity contribution in [3.05, 3.63) is 52.7 Å². The highest BCUT2D eigenvalue weighted by atomic mass is 32.2. The molecule has 2 aromatic heterocycles. The maximum atomic E-state index is 14.3. The third kappa shape index (κ3) is 6.01. The van der Waals surface area contributed by atoms with Crippen LogP contribution >= 0.6 is 11.8 Å². The number of hydrogen-bond donors (Lipinski definition) is 2. The highest BCUT2D eigenvalue weighted by molar-refractivity contribution is 8.04. The number of likely N-dealkylation sites (tertiary alicyclic amines) is 1. The van der Waals surface area contributed by atoms with E-state index in [1.807, 2.05) is 19.9 Å². The van der Waals surface area contributed by atoms with Crippen LogP contribution < -0.4 is 15.1 Å². The number of benzene rings is 1. The molecule has 0 spiro atoms. The van der Waals surface area contributed by atoms with E-state index in [4.69, 9.17) is 10.1 Å². The third-order valence-electron chi connectivity index (χ3n) is 8.33. The number of nitrogens with zero attached hydrogens (tertiary/aromatic N) is 8. The second kappa shape index (κ2) is 12.4. The van der Waals surface area contributed by atoms with Crippen molar-refractivity contribution >= 4 is 46.0 Å². The molecule has 3 aliphatic rings. The molecular weight excluding hydrogens is 607 g/mol. The smallest absolute Gasteiger partial charge is 0.256 e. The summed E-state index contributed by atoms with van der Waals surface area (Å²) in [5.41, 5.74) is 2.91. The van der Waals surface area contributed by atoms with E-state index >= 15 is 0 Å². The molecule has 1 unspecified atom stereocenters. The number of pyridine rings is 1. The number of aliphatic hydroxyl groups excluding tert-OH is 1. The van der Waals surface area contributed by atoms with Gasteiger partial charge in [-0.25, -0.2) is 22.8 Å². The summed E-state index contributed by atoms with van der Waals surface area (Å²) in [5.74, 6) is 0.554. The first kappa shape index (κ1) is 31.0. The van der Waals surface area contributed by atoms with Crippen LogP contribution in [0.25, 0.3) is 16.7 Å². The molecule has 1 amide bonds. The number of anilines is 2. The summed E-state index contributed by atoms with van der Waals surface area (Å²) >= 11 is 1.06. The fraction of sp³-hybridized carbons (Fsp3) is 0.467. The molecule has 3 aliphatic heterocycles. The lowest BCUT2D eigenvalue weighted by molar-refractivity contribution is -0.142. The van der Waals surface area contributed by atoms with Gasteiger partial charge in [0.25, 0.3) is 11.4 Å². The fourth-order valence-corrected chi connectivity index (χ4v) is 6.85. The predicted molar refractivity (Wildman–Crippen MR) is 166 cm³/mol. The second-order valence-corrected chi connectivity index (χ2v) is 12.5. The summed E-state index contributed by atoms with van der Waals surface area (Å²) in [6, 6.07) is 9.87. The van der Waals surface area contributed by atoms with Gasteiger partial charge in [0.15, 0.2) is 5.82 Å². The minimum atomic E-state index is -2.78. The van der Waals surface area contributed by atoms with Crippen LogP contribution in [0.4, 0.5) is 24.8 Å². The molecule has 5 heterocycles. The van der Waals surface area contributed by atoms with E-state index in [0.29, 0.717) is 79.7 Å². The maximum Gasteiger partial charge on any atom is 0.256 e. The molecule has 11 nitrogen and oxygen atoms in total. The van der Waals surface area contributed by atoms with Gasteiger partial charge in [0.2, 0.25) is 5.91 Å². The molecule has 238 valence electrons. The Morgan fingerprint density at radius 2 is 1.93 bits per heavy atom. The summed E-state index contributed by atoms with van der Waals surface area (Å²) in [7, 11) is 0. The van der Waals surface area contributed by atoms with Gasteiger partial charge in [-0.15, -0.1) is 0 Å². The Hall–Kier alpha value is -4.00. The van der Waals surface area contributed by atoms with E-state index in [1.165, 1.54) is 17.0 Å². The number of amides is 1. The first-order valence-corrected chi connectivity index (χ1v) is 15.7. The number of aryl methyl sites for hydroxylation is 2. The third-order valence-corrected chi connectivity index (χ3v) is 9.44. The van der Waals surface area contributed by atoms with Gasteiger partial charge in [-0.05, 0) is 55.3 Å². The van der Waals surface area contributed by atoms with Crippen molar-refractivity contribution < 1.29 is 23.1 Å². The average molecular weight is 642 g/mol. The van der Waals surface area contributed by atoms with Crippen LogP contribution in [0.15, 0.2) is 35.7 Å². The number of aliphatic hydroxyl groups is 1. The van der Waals surface area contributed by atoms with Crippen LogP contribution in [-0.4, -0.2) is 105 Å². The molecule has 2 saturated heterocycles. The molecular formula is C30H34F3N9O2S. The first-order chi connectivity index (χ1) is 21.6. The molecule has 15 heteroatoms. The topological polar surface area (TPSA) is 117 Å². The van der Waals surface area contributed by atoms with Crippen molar-refractivity contribution in [1.82, 2.24) is 29.9 Å². The van der Waals surface area contributed by atoms with Crippen molar-refractivity contribution in [1.29, 1.82) is 5.26 Å². The lowest BCUT2D eigenvalue weighted by atomic mass is 10.1. The number of rotatable bonds is 9. The van der Waals surface area contributed by atoms with Gasteiger partial charge >= 0.3 is 0 Å². The zero-order valence-corrected chi connectivity index (χ0v) is 25.8. The second-order valence-electron chi connectivity index (χ2n) is 11.4. The van der Waals surface area contributed by atoms with E-state index in [-0.39, 0.29) is 12.5 Å². The Bertz CT molecular complexity index is 1650. The highest BCUT2D eigenvalue weighted by Crippen LogP contribution is 2.43. The summed E-state index contributed by atoms with van der Waals surface area (Å²) < 4.78 is 43.7. The van der Waals surface area contributed by atoms with E-state index < -0.39 is 29.9 Å². The summed E-state index contributed by atoms with van der Waals surface area (Å²) in [6.45, 7) is 6.87. The molecule has 3 aromatic rings. The van der Waals surface area contributed by atoms with Crippen molar-refractivity contribution in [2.45, 2.75) is 37.9 Å². The number of piperazine rings is 1. The molecule has 2 N–H and O–H groups in total. The normalized spacial score (nSPS) is 20.7. The number of aromatic nitrogens is 3. The molecule has 1 atom stereocenters. The number of carbonyl (C=O) groups excluding carboxylic acids is 1. The van der Waals surface area contributed by atoms with Crippen LogP contribution in [0.3, 0.4) is 0 Å². The van der Waals surface area contributed by atoms with Crippen LogP contribution in [0.5, 0.6) is 0 Å². The number of hydrogen-bond acceptors (Lipinski definition) is 10. The minimum absolute atomic E-state index is 0.00164. The lowest BCUT2D eigenvalue weighted by Crippen LogP contribution is -2.57. The van der Waals surface area contributed by atoms with E-state index in [0.717, 1.165) is 17.3 Å². The lowest BCUT2D eigenvalue weighted by Gasteiger charge is -2.39. The molecule has 0 aliphatic carbocycles. The van der Waals surface area contributed by atoms with Gasteiger partial charge in [-0.3, -0.25) is 9.69 Å². The monoisotopic (exact) mass is 641 g/mol. The molecule has 2 fully saturated rings. The van der Waals surface area contributed by atoms with Crippen molar-refractivity contribution in [2.75, 3.05) is 62.2 Å². The molecule has 0 radical (unpaired) electrons. The fourth-order valence-electron chi connectivity index (χ4n) is 5.86. The van der Waals surface area contributed by atoms with Gasteiger partial charge in [-0.1, -0.05) is 11.8 Å². The van der Waals surface area contributed by atoms with Gasteiger partial charge < -0.3 is 25.1 Å². The SMILES string of the molecule is CCn1nc2c(C)cc(N3CCN(CC(=O)N4CC(O)C4)CC3)nc2c1N(CC(F)F)C1(C#N)NC(c2ccc(F)cc2)=CS1. The first-order valence-electron chi connectivity index (χ1n) is 14.8. The molecule has 45 heavy (non-hydrogen) atoms. The van der Waals surface area contributed by atoms with Crippen molar-refractivity contribution in [2.24, 2.45) is 0 Å². The number of thioether (sulfide) groups is 1. The Morgan fingerprint density at radius 3 is 2.56 bits per heavy atom. The number of fused-ring (bicyclic) bond motifs is 1. The largest absolute Gasteiger partial charge is 0.389 e. The Labute approximate surface area is 262 Å². The quantitative estimate of drug-likeness (QED) is 0.362. The van der Waals surface area contributed by atoms with Gasteiger partial charge in [0, 0.05) is 51.2 Å². The maximum absolute atomic E-state index is 14.3. The van der Waals surface area contributed by atoms with Gasteiger partial charge in [0.1, 0.15) is 28.7 Å². The van der Waals surface area contributed by atoms with Crippen LogP contribution in [0.2, 0.25) is 0 Å². The van der Waals surface area contributed by atoms with Crippen molar-refractivity contribution in [3.63, 3.8) is 0 Å². The number of halogens is 3. The van der Waals surface area contributed by atoms with E-state index in [2.05, 4.69) is 21.2 Å². The number of β-amino-alcohol motifs (C(OH)–C–C–N with tert-alkyl or cyclic N) is 1. The Morgan fingerprint density at radius 1 is 1.22 bits per heavy atom. The minimum Gasteiger partial charge on any atom is -0.389 e. The number of nitrogens with one attached hydrogen (secondary N) is 1. The Balaban J connectivity index is 1.30. The van der Waals surface area contributed by atoms with Crippen LogP contribution in [-0.2, 0) is 11.3 Å². The number of alkyl halides is 2. The summed E-state index contributed by atoms with van der Waals surface area (Å²) in [6.07, 6.45) is -3.21. The van der Waals surface area contributed by atoms with E-state index in [9.17, 15) is 28.3 Å². The van der Waals surface area contributed by atoms with Crippen molar-refractivity contribution in [3.8, 4) is 6.07 Å². The molecule has 6 rings (SSSR count). The van der Waals surface area contributed by atoms with Gasteiger partial charge in [-0.2, -0.15) is 10.4 Å². The predicted octanol–water partition coefficient (Wildman–Crippen LogP) is 2.81. The zero-order chi connectivity index (χ0) is 31.9. The van der Waals surface area contributed by atoms with Crippen LogP contribution in [0, 0.1) is 24.1 Å². The number of carbonyl (C=O) groups is 1. The zero-order valence-electron chi connectivity index (χ0n) is 25.0. The summed E-state index contributed by atoms with van der Waals surface area (Å²) in [4.78, 5) is 23.0. The Kier molecular flexibility index (Phi) is 8.55. The number of nitriles is 1. The standard InChI is InChI=1S/C30H34F3N9O2S/c1-3-42-29(41(15-24(32)33)30(18-34)36-23(17-45-30)20-4-6-21(31)7-5-20)28-27(37-42)19(2)12-25(35-28)39-10-8-38(9-11-39)16-26(44)40-13-22(43)14-40/h4-7,12,17,22,24,36,43H,3,8-11,13-16H2,1-2H3. The molecule has 0 bridgehead atoms. The molecule has 1 aromatic carbocycles. The van der Waals surface area contributed by atoms with E-state index in [1.54, 1.807) is 27.1 Å². The molecule has 0 saturated carbocycles.